The number of halogens is 1. The van der Waals surface area contributed by atoms with Crippen LogP contribution in [0.2, 0.25) is 0 Å². The molecular weight excluding hydrogens is 285 g/mol. The van der Waals surface area contributed by atoms with E-state index in [9.17, 15) is 9.18 Å². The van der Waals surface area contributed by atoms with Crippen molar-refractivity contribution in [3.63, 3.8) is 0 Å². The van der Waals surface area contributed by atoms with Gasteiger partial charge in [0.05, 0.1) is 12.7 Å². The van der Waals surface area contributed by atoms with Crippen molar-refractivity contribution in [3.05, 3.63) is 65.5 Å². The van der Waals surface area contributed by atoms with E-state index in [2.05, 4.69) is 5.32 Å². The molecule has 4 nitrogen and oxygen atoms in total. The molecule has 22 heavy (non-hydrogen) atoms. The van der Waals surface area contributed by atoms with Gasteiger partial charge in [0.1, 0.15) is 17.7 Å². The third-order valence-corrected chi connectivity index (χ3v) is 3.34. The second-order valence-electron chi connectivity index (χ2n) is 4.66. The Balaban J connectivity index is 2.08. The number of carbonyl (C=O) groups is 1. The van der Waals surface area contributed by atoms with Crippen LogP contribution in [-0.4, -0.2) is 26.7 Å². The number of hydrogen-bond donors (Lipinski definition) is 1. The van der Waals surface area contributed by atoms with Crippen LogP contribution in [0.5, 0.6) is 5.75 Å². The van der Waals surface area contributed by atoms with Gasteiger partial charge in [-0.15, -0.1) is 0 Å². The first-order valence-electron chi connectivity index (χ1n) is 6.85. The lowest BCUT2D eigenvalue weighted by Crippen LogP contribution is -2.29. The van der Waals surface area contributed by atoms with Crippen molar-refractivity contribution < 1.29 is 18.7 Å². The van der Waals surface area contributed by atoms with Crippen LogP contribution in [0.15, 0.2) is 48.5 Å². The average Bonchev–Trinajstić information content (AvgIpc) is 2.56. The number of nitrogens with one attached hydrogen (secondary N) is 1. The molecule has 0 saturated heterocycles. The fourth-order valence-corrected chi connectivity index (χ4v) is 2.18. The van der Waals surface area contributed by atoms with E-state index in [4.69, 9.17) is 9.47 Å². The molecule has 2 rings (SSSR count). The predicted octanol–water partition coefficient (Wildman–Crippen LogP) is 2.95. The van der Waals surface area contributed by atoms with Crippen molar-refractivity contribution in [2.75, 3.05) is 20.8 Å². The van der Waals surface area contributed by atoms with Crippen LogP contribution in [0.4, 0.5) is 4.39 Å². The maximum atomic E-state index is 13.6. The summed E-state index contributed by atoms with van der Waals surface area (Å²) in [5.41, 5.74) is 0.832. The Morgan fingerprint density at radius 1 is 1.14 bits per heavy atom. The molecule has 2 aromatic rings. The number of para-hydroxylation sites is 1. The summed E-state index contributed by atoms with van der Waals surface area (Å²) in [6, 6.07) is 13.3. The summed E-state index contributed by atoms with van der Waals surface area (Å²) < 4.78 is 24.3. The molecule has 0 aromatic heterocycles. The van der Waals surface area contributed by atoms with Gasteiger partial charge in [-0.3, -0.25) is 4.79 Å². The second-order valence-corrected chi connectivity index (χ2v) is 4.66. The Bertz CT molecular complexity index is 645. The summed E-state index contributed by atoms with van der Waals surface area (Å²) in [6.07, 6.45) is -0.383. The lowest BCUT2D eigenvalue weighted by molar-refractivity contribution is 0.0816. The van der Waals surface area contributed by atoms with Crippen LogP contribution >= 0.6 is 0 Å². The number of methoxy groups -OCH3 is 2. The van der Waals surface area contributed by atoms with Crippen molar-refractivity contribution in [1.29, 1.82) is 0 Å². The first-order valence-corrected chi connectivity index (χ1v) is 6.85. The Kier molecular flexibility index (Phi) is 5.49. The number of amides is 1. The Labute approximate surface area is 128 Å². The van der Waals surface area contributed by atoms with E-state index in [0.29, 0.717) is 5.75 Å². The monoisotopic (exact) mass is 303 g/mol. The van der Waals surface area contributed by atoms with Crippen LogP contribution < -0.4 is 10.1 Å². The highest BCUT2D eigenvalue weighted by molar-refractivity contribution is 5.94. The van der Waals surface area contributed by atoms with Crippen LogP contribution in [0.1, 0.15) is 22.0 Å². The highest BCUT2D eigenvalue weighted by atomic mass is 19.1. The molecule has 0 aliphatic heterocycles. The Hall–Kier alpha value is -2.40. The minimum Gasteiger partial charge on any atom is -0.496 e. The molecule has 0 bridgehead atoms. The van der Waals surface area contributed by atoms with Gasteiger partial charge in [0, 0.05) is 19.2 Å². The third-order valence-electron chi connectivity index (χ3n) is 3.34. The maximum absolute atomic E-state index is 13.6. The van der Waals surface area contributed by atoms with E-state index in [0.717, 1.165) is 5.56 Å². The molecule has 1 atom stereocenters. The third kappa shape index (κ3) is 3.62. The van der Waals surface area contributed by atoms with Crippen molar-refractivity contribution in [2.45, 2.75) is 6.10 Å². The van der Waals surface area contributed by atoms with E-state index >= 15 is 0 Å². The quantitative estimate of drug-likeness (QED) is 0.892. The fourth-order valence-electron chi connectivity index (χ4n) is 2.18. The van der Waals surface area contributed by atoms with Gasteiger partial charge in [-0.2, -0.15) is 0 Å². The molecule has 5 heteroatoms. The van der Waals surface area contributed by atoms with Crippen LogP contribution in [0, 0.1) is 5.82 Å². The summed E-state index contributed by atoms with van der Waals surface area (Å²) in [6.45, 7) is 0.212. The largest absolute Gasteiger partial charge is 0.496 e. The molecule has 0 radical (unpaired) electrons. The highest BCUT2D eigenvalue weighted by Gasteiger charge is 2.17. The van der Waals surface area contributed by atoms with Gasteiger partial charge in [0.2, 0.25) is 0 Å². The smallest absolute Gasteiger partial charge is 0.254 e. The predicted molar refractivity (Wildman–Crippen MR) is 81.5 cm³/mol. The molecular formula is C17H18FNO3. The van der Waals surface area contributed by atoms with E-state index in [-0.39, 0.29) is 18.2 Å². The Morgan fingerprint density at radius 2 is 1.82 bits per heavy atom. The zero-order valence-electron chi connectivity index (χ0n) is 12.5. The van der Waals surface area contributed by atoms with Crippen LogP contribution in [-0.2, 0) is 4.74 Å². The normalized spacial score (nSPS) is 11.8. The molecule has 0 saturated carbocycles. The molecule has 0 spiro atoms. The number of benzene rings is 2. The summed E-state index contributed by atoms with van der Waals surface area (Å²) in [4.78, 5) is 12.0. The maximum Gasteiger partial charge on any atom is 0.254 e. The molecule has 0 heterocycles. The van der Waals surface area contributed by atoms with E-state index < -0.39 is 11.7 Å². The first-order chi connectivity index (χ1) is 10.7. The number of hydrogen-bond acceptors (Lipinski definition) is 3. The molecule has 1 unspecified atom stereocenters. The van der Waals surface area contributed by atoms with Crippen molar-refractivity contribution in [2.24, 2.45) is 0 Å². The van der Waals surface area contributed by atoms with Gasteiger partial charge >= 0.3 is 0 Å². The SMILES string of the molecule is COc1ccccc1C(CNC(=O)c1ccccc1F)OC. The molecule has 1 N–H and O–H groups in total. The van der Waals surface area contributed by atoms with Crippen molar-refractivity contribution >= 4 is 5.91 Å². The van der Waals surface area contributed by atoms with Gasteiger partial charge in [0.15, 0.2) is 0 Å². The summed E-state index contributed by atoms with van der Waals surface area (Å²) in [5.74, 6) is -0.351. The molecule has 0 aliphatic rings. The lowest BCUT2D eigenvalue weighted by Gasteiger charge is -2.19. The lowest BCUT2D eigenvalue weighted by atomic mass is 10.1. The summed E-state index contributed by atoms with van der Waals surface area (Å²) in [7, 11) is 3.12. The molecule has 1 amide bonds. The van der Waals surface area contributed by atoms with Gasteiger partial charge in [0.25, 0.3) is 5.91 Å². The number of rotatable bonds is 6. The zero-order chi connectivity index (χ0) is 15.9. The van der Waals surface area contributed by atoms with E-state index in [1.54, 1.807) is 26.4 Å². The van der Waals surface area contributed by atoms with Gasteiger partial charge in [-0.05, 0) is 18.2 Å². The van der Waals surface area contributed by atoms with Gasteiger partial charge < -0.3 is 14.8 Å². The zero-order valence-corrected chi connectivity index (χ0v) is 12.5. The highest BCUT2D eigenvalue weighted by Crippen LogP contribution is 2.26. The van der Waals surface area contributed by atoms with Gasteiger partial charge in [-0.25, -0.2) is 4.39 Å². The molecule has 116 valence electrons. The van der Waals surface area contributed by atoms with E-state index in [1.807, 2.05) is 24.3 Å². The minimum atomic E-state index is -0.550. The van der Waals surface area contributed by atoms with E-state index in [1.165, 1.54) is 12.1 Å². The van der Waals surface area contributed by atoms with Gasteiger partial charge in [-0.1, -0.05) is 30.3 Å². The summed E-state index contributed by atoms with van der Waals surface area (Å²) in [5, 5.41) is 2.68. The second kappa shape index (κ2) is 7.56. The average molecular weight is 303 g/mol. The molecule has 0 fully saturated rings. The number of carbonyl (C=O) groups excluding carboxylic acids is 1. The fraction of sp³-hybridized carbons (Fsp3) is 0.235. The van der Waals surface area contributed by atoms with Crippen molar-refractivity contribution in [3.8, 4) is 5.75 Å². The number of ether oxygens (including phenoxy) is 2. The standard InChI is InChI=1S/C17H18FNO3/c1-21-15-10-6-4-8-13(15)16(22-2)11-19-17(20)12-7-3-5-9-14(12)18/h3-10,16H,11H2,1-2H3,(H,19,20). The van der Waals surface area contributed by atoms with Crippen LogP contribution in [0.25, 0.3) is 0 Å². The molecule has 2 aromatic carbocycles. The van der Waals surface area contributed by atoms with Crippen LogP contribution in [0.3, 0.4) is 0 Å². The van der Waals surface area contributed by atoms with Crippen molar-refractivity contribution in [1.82, 2.24) is 5.32 Å². The summed E-state index contributed by atoms with van der Waals surface area (Å²) >= 11 is 0. The Morgan fingerprint density at radius 3 is 2.50 bits per heavy atom. The molecule has 0 aliphatic carbocycles. The minimum absolute atomic E-state index is 0.0115. The topological polar surface area (TPSA) is 47.6 Å². The first kappa shape index (κ1) is 16.0.